The van der Waals surface area contributed by atoms with Gasteiger partial charge >= 0.3 is 6.03 Å². The molecule has 0 saturated carbocycles. The molecule has 1 atom stereocenters. The van der Waals surface area contributed by atoms with Gasteiger partial charge in [-0.05, 0) is 42.2 Å². The van der Waals surface area contributed by atoms with Gasteiger partial charge in [0.1, 0.15) is 5.82 Å². The number of hydrogen-bond acceptors (Lipinski definition) is 2. The number of carbonyl (C=O) groups excluding carboxylic acids is 1. The van der Waals surface area contributed by atoms with Crippen molar-refractivity contribution >= 4 is 6.03 Å². The quantitative estimate of drug-likeness (QED) is 0.569. The van der Waals surface area contributed by atoms with Crippen molar-refractivity contribution in [2.45, 2.75) is 25.4 Å². The molecule has 156 valence electrons. The topological polar surface area (TPSA) is 54.3 Å². The number of halogens is 1. The standard InChI is InChI=1S/C24H26FN3O2/c1-27(24(30)26-16-6-8-18-28-17-7-5-11-22(28)29)23(19-9-3-2-4-10-19)20-12-14-21(25)15-13-20/h2-5,7,9-15,17,23H,6,8,16,18H2,1H3,(H,26,30). The first-order chi connectivity index (χ1) is 14.6. The minimum Gasteiger partial charge on any atom is -0.338 e. The maximum atomic E-state index is 13.4. The second-order valence-electron chi connectivity index (χ2n) is 7.15. The van der Waals surface area contributed by atoms with Crippen LogP contribution in [0.5, 0.6) is 0 Å². The normalized spacial score (nSPS) is 11.7. The van der Waals surface area contributed by atoms with Gasteiger partial charge in [0.05, 0.1) is 6.04 Å². The number of carbonyl (C=O) groups is 1. The number of aromatic nitrogens is 1. The van der Waals surface area contributed by atoms with Gasteiger partial charge in [0.15, 0.2) is 0 Å². The molecule has 30 heavy (non-hydrogen) atoms. The molecule has 0 aliphatic rings. The van der Waals surface area contributed by atoms with Crippen LogP contribution >= 0.6 is 0 Å². The van der Waals surface area contributed by atoms with E-state index in [-0.39, 0.29) is 23.4 Å². The van der Waals surface area contributed by atoms with Gasteiger partial charge in [0.25, 0.3) is 0 Å². The SMILES string of the molecule is CN(C(=O)NCCCCn1ccccc1=O)C(c1ccccc1)c1ccc(F)cc1. The van der Waals surface area contributed by atoms with Gasteiger partial charge in [-0.3, -0.25) is 4.79 Å². The van der Waals surface area contributed by atoms with Crippen LogP contribution in [0.15, 0.2) is 83.8 Å². The second kappa shape index (κ2) is 10.4. The van der Waals surface area contributed by atoms with Gasteiger partial charge in [0.2, 0.25) is 5.56 Å². The highest BCUT2D eigenvalue weighted by Crippen LogP contribution is 2.27. The predicted octanol–water partition coefficient (Wildman–Crippen LogP) is 4.20. The molecule has 0 aliphatic heterocycles. The van der Waals surface area contributed by atoms with Crippen molar-refractivity contribution in [2.24, 2.45) is 0 Å². The summed E-state index contributed by atoms with van der Waals surface area (Å²) in [7, 11) is 1.74. The summed E-state index contributed by atoms with van der Waals surface area (Å²) in [6.07, 6.45) is 3.31. The third-order valence-corrected chi connectivity index (χ3v) is 5.01. The lowest BCUT2D eigenvalue weighted by atomic mass is 9.97. The number of amides is 2. The molecule has 0 aliphatic carbocycles. The molecule has 2 aromatic carbocycles. The Labute approximate surface area is 175 Å². The summed E-state index contributed by atoms with van der Waals surface area (Å²) in [5.74, 6) is -0.310. The molecule has 1 N–H and O–H groups in total. The zero-order valence-corrected chi connectivity index (χ0v) is 17.0. The van der Waals surface area contributed by atoms with Crippen LogP contribution in [0.4, 0.5) is 9.18 Å². The fourth-order valence-electron chi connectivity index (χ4n) is 3.41. The van der Waals surface area contributed by atoms with E-state index in [1.165, 1.54) is 18.2 Å². The largest absolute Gasteiger partial charge is 0.338 e. The fourth-order valence-corrected chi connectivity index (χ4v) is 3.41. The smallest absolute Gasteiger partial charge is 0.317 e. The number of nitrogens with one attached hydrogen (secondary N) is 1. The molecule has 1 aromatic heterocycles. The molecule has 0 bridgehead atoms. The average Bonchev–Trinajstić information content (AvgIpc) is 2.77. The summed E-state index contributed by atoms with van der Waals surface area (Å²) in [6.45, 7) is 1.13. The highest BCUT2D eigenvalue weighted by molar-refractivity contribution is 5.75. The minimum atomic E-state index is -0.324. The summed E-state index contributed by atoms with van der Waals surface area (Å²) in [4.78, 5) is 26.1. The van der Waals surface area contributed by atoms with Crippen molar-refractivity contribution in [1.82, 2.24) is 14.8 Å². The first-order valence-corrected chi connectivity index (χ1v) is 10.0. The van der Waals surface area contributed by atoms with E-state index in [9.17, 15) is 14.0 Å². The highest BCUT2D eigenvalue weighted by atomic mass is 19.1. The van der Waals surface area contributed by atoms with Crippen molar-refractivity contribution in [3.05, 3.63) is 106 Å². The van der Waals surface area contributed by atoms with Crippen molar-refractivity contribution in [1.29, 1.82) is 0 Å². The minimum absolute atomic E-state index is 0.0220. The van der Waals surface area contributed by atoms with Gasteiger partial charge in [-0.15, -0.1) is 0 Å². The van der Waals surface area contributed by atoms with Gasteiger partial charge in [0, 0.05) is 32.4 Å². The second-order valence-corrected chi connectivity index (χ2v) is 7.15. The van der Waals surface area contributed by atoms with E-state index in [1.54, 1.807) is 40.9 Å². The van der Waals surface area contributed by atoms with Gasteiger partial charge in [-0.25, -0.2) is 9.18 Å². The molecule has 0 saturated heterocycles. The van der Waals surface area contributed by atoms with Crippen molar-refractivity contribution < 1.29 is 9.18 Å². The lowest BCUT2D eigenvalue weighted by Crippen LogP contribution is -2.40. The number of benzene rings is 2. The van der Waals surface area contributed by atoms with Crippen LogP contribution in [0.3, 0.4) is 0 Å². The van der Waals surface area contributed by atoms with Crippen LogP contribution in [0, 0.1) is 5.82 Å². The Morgan fingerprint density at radius 2 is 1.63 bits per heavy atom. The van der Waals surface area contributed by atoms with E-state index in [1.807, 2.05) is 36.4 Å². The number of hydrogen-bond donors (Lipinski definition) is 1. The molecule has 5 nitrogen and oxygen atoms in total. The Balaban J connectivity index is 1.59. The monoisotopic (exact) mass is 407 g/mol. The van der Waals surface area contributed by atoms with E-state index < -0.39 is 0 Å². The molecule has 0 radical (unpaired) electrons. The van der Waals surface area contributed by atoms with E-state index in [4.69, 9.17) is 0 Å². The summed E-state index contributed by atoms with van der Waals surface area (Å²) in [5, 5.41) is 2.94. The Hall–Kier alpha value is -3.41. The summed E-state index contributed by atoms with van der Waals surface area (Å²) in [5.41, 5.74) is 1.76. The van der Waals surface area contributed by atoms with E-state index in [0.717, 1.165) is 24.0 Å². The molecule has 0 fully saturated rings. The number of rotatable bonds is 8. The maximum absolute atomic E-state index is 13.4. The Morgan fingerprint density at radius 1 is 0.967 bits per heavy atom. The lowest BCUT2D eigenvalue weighted by Gasteiger charge is -2.29. The first-order valence-electron chi connectivity index (χ1n) is 10.0. The lowest BCUT2D eigenvalue weighted by molar-refractivity contribution is 0.198. The number of nitrogens with zero attached hydrogens (tertiary/aromatic N) is 2. The van der Waals surface area contributed by atoms with Gasteiger partial charge in [-0.1, -0.05) is 48.5 Å². The van der Waals surface area contributed by atoms with Crippen molar-refractivity contribution in [3.63, 3.8) is 0 Å². The Bertz CT molecular complexity index is 1000. The third kappa shape index (κ3) is 5.56. The van der Waals surface area contributed by atoms with E-state index in [0.29, 0.717) is 13.1 Å². The summed E-state index contributed by atoms with van der Waals surface area (Å²) >= 11 is 0. The molecule has 0 spiro atoms. The first kappa shape index (κ1) is 21.3. The molecular formula is C24H26FN3O2. The Kier molecular flexibility index (Phi) is 7.38. The van der Waals surface area contributed by atoms with Crippen molar-refractivity contribution in [3.8, 4) is 0 Å². The molecule has 3 aromatic rings. The van der Waals surface area contributed by atoms with E-state index >= 15 is 0 Å². The van der Waals surface area contributed by atoms with Gasteiger partial charge in [-0.2, -0.15) is 0 Å². The van der Waals surface area contributed by atoms with E-state index in [2.05, 4.69) is 5.32 Å². The van der Waals surface area contributed by atoms with Crippen LogP contribution in [-0.2, 0) is 6.54 Å². The number of pyridine rings is 1. The average molecular weight is 407 g/mol. The zero-order valence-electron chi connectivity index (χ0n) is 17.0. The van der Waals surface area contributed by atoms with Crippen LogP contribution in [0.1, 0.15) is 30.0 Å². The number of aryl methyl sites for hydroxylation is 1. The van der Waals surface area contributed by atoms with Crippen LogP contribution in [-0.4, -0.2) is 29.1 Å². The zero-order chi connectivity index (χ0) is 21.3. The third-order valence-electron chi connectivity index (χ3n) is 5.01. The molecule has 2 amide bonds. The maximum Gasteiger partial charge on any atom is 0.317 e. The Morgan fingerprint density at radius 3 is 2.33 bits per heavy atom. The van der Waals surface area contributed by atoms with Gasteiger partial charge < -0.3 is 14.8 Å². The highest BCUT2D eigenvalue weighted by Gasteiger charge is 2.23. The molecule has 1 heterocycles. The molecule has 1 unspecified atom stereocenters. The van der Waals surface area contributed by atoms with Crippen LogP contribution < -0.4 is 10.9 Å². The molecule has 3 rings (SSSR count). The van der Waals surface area contributed by atoms with Crippen LogP contribution in [0.2, 0.25) is 0 Å². The number of urea groups is 1. The summed E-state index contributed by atoms with van der Waals surface area (Å²) < 4.78 is 15.0. The van der Waals surface area contributed by atoms with Crippen molar-refractivity contribution in [2.75, 3.05) is 13.6 Å². The molecule has 6 heteroatoms. The fraction of sp³-hybridized carbons (Fsp3) is 0.250. The predicted molar refractivity (Wildman–Crippen MR) is 116 cm³/mol. The van der Waals surface area contributed by atoms with Crippen LogP contribution in [0.25, 0.3) is 0 Å². The molecular weight excluding hydrogens is 381 g/mol. The number of unbranched alkanes of at least 4 members (excludes halogenated alkanes) is 1. The summed E-state index contributed by atoms with van der Waals surface area (Å²) in [6, 6.07) is 20.4.